The highest BCUT2D eigenvalue weighted by Gasteiger charge is 2.31. The van der Waals surface area contributed by atoms with Gasteiger partial charge in [-0.3, -0.25) is 4.79 Å². The molecular weight excluding hydrogens is 494 g/mol. The standard InChI is InChI=1S/C28H24F2N4O4/c1-4-27(35)34-13-18(14-34)38-26-11-20-22(12-25(26)37-3)31-15-32-28(20)33-23-9-16(5-8-24(23)36-2)19-7-6-17(29)10-21(19)30/h4-12,15,18H,1,13-14H2,2-3H3,(H,31,32,33). The maximum Gasteiger partial charge on any atom is 0.246 e. The van der Waals surface area contributed by atoms with Crippen LogP contribution >= 0.6 is 0 Å². The average Bonchev–Trinajstić information content (AvgIpc) is 2.90. The molecule has 10 heteroatoms. The number of hydrogen-bond donors (Lipinski definition) is 1. The number of aromatic nitrogens is 2. The van der Waals surface area contributed by atoms with Crippen molar-refractivity contribution in [3.05, 3.63) is 79.1 Å². The summed E-state index contributed by atoms with van der Waals surface area (Å²) in [4.78, 5) is 22.2. The molecule has 3 aromatic carbocycles. The van der Waals surface area contributed by atoms with Gasteiger partial charge in [-0.15, -0.1) is 0 Å². The predicted octanol–water partition coefficient (Wildman–Crippen LogP) is 5.11. The lowest BCUT2D eigenvalue weighted by molar-refractivity contribution is -0.134. The summed E-state index contributed by atoms with van der Waals surface area (Å²) in [5.41, 5.74) is 1.89. The second-order valence-corrected chi connectivity index (χ2v) is 8.59. The quantitative estimate of drug-likeness (QED) is 0.325. The van der Waals surface area contributed by atoms with E-state index in [9.17, 15) is 13.6 Å². The molecule has 0 unspecified atom stereocenters. The summed E-state index contributed by atoms with van der Waals surface area (Å²) in [5, 5.41) is 3.89. The molecule has 0 saturated carbocycles. The molecule has 38 heavy (non-hydrogen) atoms. The van der Waals surface area contributed by atoms with Crippen LogP contribution in [0.2, 0.25) is 0 Å². The summed E-state index contributed by atoms with van der Waals surface area (Å²) >= 11 is 0. The molecule has 1 aromatic heterocycles. The fraction of sp³-hybridized carbons (Fsp3) is 0.179. The van der Waals surface area contributed by atoms with Gasteiger partial charge < -0.3 is 24.4 Å². The van der Waals surface area contributed by atoms with Gasteiger partial charge in [0.25, 0.3) is 0 Å². The molecule has 1 fully saturated rings. The van der Waals surface area contributed by atoms with Crippen LogP contribution in [0.25, 0.3) is 22.0 Å². The van der Waals surface area contributed by atoms with Crippen molar-refractivity contribution in [3.8, 4) is 28.4 Å². The van der Waals surface area contributed by atoms with Gasteiger partial charge in [0.05, 0.1) is 38.5 Å². The molecule has 0 atom stereocenters. The second kappa shape index (κ2) is 10.3. The number of anilines is 2. The van der Waals surface area contributed by atoms with Crippen LogP contribution in [0.5, 0.6) is 17.2 Å². The maximum atomic E-state index is 14.5. The Morgan fingerprint density at radius 1 is 1.03 bits per heavy atom. The predicted molar refractivity (Wildman–Crippen MR) is 139 cm³/mol. The van der Waals surface area contributed by atoms with E-state index in [1.807, 2.05) is 0 Å². The maximum absolute atomic E-state index is 14.5. The Balaban J connectivity index is 1.49. The van der Waals surface area contributed by atoms with Crippen molar-refractivity contribution < 1.29 is 27.8 Å². The highest BCUT2D eigenvalue weighted by atomic mass is 19.1. The molecule has 194 valence electrons. The third-order valence-electron chi connectivity index (χ3n) is 6.24. The summed E-state index contributed by atoms with van der Waals surface area (Å²) in [6.07, 6.45) is 2.48. The average molecular weight is 519 g/mol. The van der Waals surface area contributed by atoms with Crippen LogP contribution < -0.4 is 19.5 Å². The summed E-state index contributed by atoms with van der Waals surface area (Å²) in [6.45, 7) is 4.38. The Morgan fingerprint density at radius 3 is 2.53 bits per heavy atom. The number of nitrogens with one attached hydrogen (secondary N) is 1. The first kappa shape index (κ1) is 24.9. The van der Waals surface area contributed by atoms with Crippen molar-refractivity contribution in [2.24, 2.45) is 0 Å². The van der Waals surface area contributed by atoms with Gasteiger partial charge >= 0.3 is 0 Å². The van der Waals surface area contributed by atoms with Crippen LogP contribution in [0.15, 0.2) is 67.5 Å². The van der Waals surface area contributed by atoms with Crippen LogP contribution in [-0.4, -0.2) is 54.2 Å². The number of carbonyl (C=O) groups is 1. The highest BCUT2D eigenvalue weighted by molar-refractivity contribution is 5.94. The zero-order valence-electron chi connectivity index (χ0n) is 20.7. The van der Waals surface area contributed by atoms with Gasteiger partial charge in [0.1, 0.15) is 35.6 Å². The van der Waals surface area contributed by atoms with E-state index in [0.29, 0.717) is 58.3 Å². The Morgan fingerprint density at radius 2 is 1.82 bits per heavy atom. The minimum atomic E-state index is -0.674. The van der Waals surface area contributed by atoms with Crippen LogP contribution in [0.3, 0.4) is 0 Å². The molecule has 1 amide bonds. The smallest absolute Gasteiger partial charge is 0.246 e. The zero-order valence-corrected chi connectivity index (χ0v) is 20.7. The van der Waals surface area contributed by atoms with E-state index >= 15 is 0 Å². The van der Waals surface area contributed by atoms with Gasteiger partial charge in [-0.2, -0.15) is 0 Å². The lowest BCUT2D eigenvalue weighted by atomic mass is 10.0. The number of likely N-dealkylation sites (tertiary alicyclic amines) is 1. The molecule has 1 aliphatic heterocycles. The number of methoxy groups -OCH3 is 2. The SMILES string of the molecule is C=CC(=O)N1CC(Oc2cc3c(Nc4cc(-c5ccc(F)cc5F)ccc4OC)ncnc3cc2OC)C1. The number of carbonyl (C=O) groups excluding carboxylic acids is 1. The van der Waals surface area contributed by atoms with Crippen molar-refractivity contribution in [1.82, 2.24) is 14.9 Å². The van der Waals surface area contributed by atoms with Crippen LogP contribution in [0, 0.1) is 11.6 Å². The van der Waals surface area contributed by atoms with Crippen molar-refractivity contribution >= 4 is 28.3 Å². The number of amides is 1. The Kier molecular flexibility index (Phi) is 6.78. The number of halogens is 2. The summed E-state index contributed by atoms with van der Waals surface area (Å²) < 4.78 is 45.0. The number of rotatable bonds is 8. The van der Waals surface area contributed by atoms with Gasteiger partial charge in [-0.05, 0) is 42.0 Å². The minimum absolute atomic E-state index is 0.146. The molecule has 4 aromatic rings. The van der Waals surface area contributed by atoms with E-state index in [-0.39, 0.29) is 17.6 Å². The number of hydrogen-bond acceptors (Lipinski definition) is 7. The first-order valence-electron chi connectivity index (χ1n) is 11.7. The van der Waals surface area contributed by atoms with Crippen molar-refractivity contribution in [1.29, 1.82) is 0 Å². The topological polar surface area (TPSA) is 85.8 Å². The molecule has 8 nitrogen and oxygen atoms in total. The number of benzene rings is 3. The summed E-state index contributed by atoms with van der Waals surface area (Å²) in [7, 11) is 3.06. The van der Waals surface area contributed by atoms with Gasteiger partial charge in [-0.1, -0.05) is 12.6 Å². The van der Waals surface area contributed by atoms with Gasteiger partial charge in [-0.25, -0.2) is 18.7 Å². The molecule has 1 N–H and O–H groups in total. The van der Waals surface area contributed by atoms with Gasteiger partial charge in [0.15, 0.2) is 11.5 Å². The van der Waals surface area contributed by atoms with Crippen LogP contribution in [-0.2, 0) is 4.79 Å². The van der Waals surface area contributed by atoms with E-state index in [2.05, 4.69) is 21.9 Å². The molecule has 0 aliphatic carbocycles. The molecule has 2 heterocycles. The highest BCUT2D eigenvalue weighted by Crippen LogP contribution is 2.38. The second-order valence-electron chi connectivity index (χ2n) is 8.59. The lowest BCUT2D eigenvalue weighted by Crippen LogP contribution is -2.55. The number of fused-ring (bicyclic) bond motifs is 1. The van der Waals surface area contributed by atoms with Crippen molar-refractivity contribution in [3.63, 3.8) is 0 Å². The van der Waals surface area contributed by atoms with Gasteiger partial charge in [0, 0.05) is 23.1 Å². The van der Waals surface area contributed by atoms with Crippen molar-refractivity contribution in [2.75, 3.05) is 32.6 Å². The largest absolute Gasteiger partial charge is 0.495 e. The Hall–Kier alpha value is -4.73. The number of ether oxygens (including phenoxy) is 3. The van der Waals surface area contributed by atoms with E-state index in [4.69, 9.17) is 14.2 Å². The monoisotopic (exact) mass is 518 g/mol. The summed E-state index contributed by atoms with van der Waals surface area (Å²) in [6, 6.07) is 12.0. The molecule has 1 aliphatic rings. The normalized spacial score (nSPS) is 13.1. The molecule has 1 saturated heterocycles. The third kappa shape index (κ3) is 4.80. The van der Waals surface area contributed by atoms with Crippen LogP contribution in [0.4, 0.5) is 20.3 Å². The molecule has 0 bridgehead atoms. The first-order valence-corrected chi connectivity index (χ1v) is 11.7. The van der Waals surface area contributed by atoms with E-state index < -0.39 is 11.6 Å². The molecular formula is C28H24F2N4O4. The fourth-order valence-corrected chi connectivity index (χ4v) is 4.24. The van der Waals surface area contributed by atoms with E-state index in [0.717, 1.165) is 6.07 Å². The van der Waals surface area contributed by atoms with E-state index in [1.165, 1.54) is 38.8 Å². The van der Waals surface area contributed by atoms with E-state index in [1.54, 1.807) is 35.2 Å². The summed E-state index contributed by atoms with van der Waals surface area (Å²) in [5.74, 6) is 0.438. The van der Waals surface area contributed by atoms with Crippen molar-refractivity contribution in [2.45, 2.75) is 6.10 Å². The molecule has 0 radical (unpaired) electrons. The zero-order chi connectivity index (χ0) is 26.8. The minimum Gasteiger partial charge on any atom is -0.495 e. The first-order chi connectivity index (χ1) is 18.4. The molecule has 5 rings (SSSR count). The Bertz CT molecular complexity index is 1540. The fourth-order valence-electron chi connectivity index (χ4n) is 4.24. The molecule has 0 spiro atoms. The third-order valence-corrected chi connectivity index (χ3v) is 6.24. The lowest BCUT2D eigenvalue weighted by Gasteiger charge is -2.38. The Labute approximate surface area is 217 Å². The van der Waals surface area contributed by atoms with Crippen LogP contribution in [0.1, 0.15) is 0 Å². The van der Waals surface area contributed by atoms with Gasteiger partial charge in [0.2, 0.25) is 5.91 Å². The number of nitrogens with zero attached hydrogens (tertiary/aromatic N) is 3.